The van der Waals surface area contributed by atoms with Crippen molar-refractivity contribution in [3.05, 3.63) is 0 Å². The Labute approximate surface area is 98.4 Å². The van der Waals surface area contributed by atoms with Crippen LogP contribution >= 0.6 is 0 Å². The summed E-state index contributed by atoms with van der Waals surface area (Å²) in [6.07, 6.45) is 5.96. The van der Waals surface area contributed by atoms with E-state index >= 15 is 0 Å². The Morgan fingerprint density at radius 3 is 2.75 bits per heavy atom. The summed E-state index contributed by atoms with van der Waals surface area (Å²) in [6, 6.07) is 0.384. The maximum Gasteiger partial charge on any atom is 0.224 e. The van der Waals surface area contributed by atoms with Crippen LogP contribution < -0.4 is 10.6 Å². The van der Waals surface area contributed by atoms with Gasteiger partial charge in [0.1, 0.15) is 0 Å². The molecule has 1 saturated carbocycles. The Morgan fingerprint density at radius 2 is 2.12 bits per heavy atom. The Kier molecular flexibility index (Phi) is 3.53. The van der Waals surface area contributed by atoms with Crippen LogP contribution in [0, 0.1) is 11.3 Å². The van der Waals surface area contributed by atoms with Crippen LogP contribution in [0.2, 0.25) is 0 Å². The Balaban J connectivity index is 1.89. The summed E-state index contributed by atoms with van der Waals surface area (Å²) in [5.41, 5.74) is 0.278. The number of carbonyl (C=O) groups excluding carboxylic acids is 1. The van der Waals surface area contributed by atoms with E-state index in [4.69, 9.17) is 0 Å². The smallest absolute Gasteiger partial charge is 0.224 e. The highest BCUT2D eigenvalue weighted by molar-refractivity contribution is 5.79. The summed E-state index contributed by atoms with van der Waals surface area (Å²) in [4.78, 5) is 12.1. The minimum absolute atomic E-state index is 0.206. The Hall–Kier alpha value is -0.570. The molecular formula is C13H24N2O. The average molecular weight is 224 g/mol. The molecule has 2 fully saturated rings. The number of hydrogen-bond donors (Lipinski definition) is 2. The molecule has 1 heterocycles. The molecule has 2 rings (SSSR count). The standard InChI is InChI=1S/C13H24N2O/c1-13(2)7-4-3-5-11(13)15-12(16)10-6-8-14-9-10/h10-11,14H,3-9H2,1-2H3,(H,15,16). The molecular weight excluding hydrogens is 200 g/mol. The van der Waals surface area contributed by atoms with Crippen molar-refractivity contribution in [2.24, 2.45) is 11.3 Å². The fourth-order valence-corrected chi connectivity index (χ4v) is 2.93. The van der Waals surface area contributed by atoms with E-state index in [2.05, 4.69) is 24.5 Å². The third kappa shape index (κ3) is 2.57. The Morgan fingerprint density at radius 1 is 1.31 bits per heavy atom. The van der Waals surface area contributed by atoms with Gasteiger partial charge in [0, 0.05) is 12.6 Å². The van der Waals surface area contributed by atoms with Crippen LogP contribution in [0.3, 0.4) is 0 Å². The topological polar surface area (TPSA) is 41.1 Å². The molecule has 0 aromatic heterocycles. The number of carbonyl (C=O) groups is 1. The number of nitrogens with one attached hydrogen (secondary N) is 2. The largest absolute Gasteiger partial charge is 0.353 e. The van der Waals surface area contributed by atoms with Crippen LogP contribution in [0.4, 0.5) is 0 Å². The molecule has 1 saturated heterocycles. The maximum absolute atomic E-state index is 12.1. The van der Waals surface area contributed by atoms with Crippen LogP contribution in [-0.4, -0.2) is 25.0 Å². The number of hydrogen-bond acceptors (Lipinski definition) is 2. The van der Waals surface area contributed by atoms with Crippen LogP contribution in [0.15, 0.2) is 0 Å². The molecule has 3 nitrogen and oxygen atoms in total. The molecule has 2 unspecified atom stereocenters. The molecule has 92 valence electrons. The fraction of sp³-hybridized carbons (Fsp3) is 0.923. The van der Waals surface area contributed by atoms with Crippen molar-refractivity contribution in [2.75, 3.05) is 13.1 Å². The molecule has 1 amide bonds. The van der Waals surface area contributed by atoms with E-state index in [1.807, 2.05) is 0 Å². The highest BCUT2D eigenvalue weighted by Crippen LogP contribution is 2.35. The van der Waals surface area contributed by atoms with Gasteiger partial charge in [-0.25, -0.2) is 0 Å². The first-order valence-electron chi connectivity index (χ1n) is 6.61. The summed E-state index contributed by atoms with van der Waals surface area (Å²) in [5, 5.41) is 6.52. The zero-order valence-corrected chi connectivity index (χ0v) is 10.5. The summed E-state index contributed by atoms with van der Waals surface area (Å²) in [5.74, 6) is 0.475. The minimum atomic E-state index is 0.206. The normalized spacial score (nSPS) is 33.6. The highest BCUT2D eigenvalue weighted by Gasteiger charge is 2.34. The van der Waals surface area contributed by atoms with Gasteiger partial charge in [0.25, 0.3) is 0 Å². The Bertz CT molecular complexity index is 257. The van der Waals surface area contributed by atoms with Gasteiger partial charge < -0.3 is 10.6 Å². The first kappa shape index (κ1) is 11.9. The van der Waals surface area contributed by atoms with E-state index in [9.17, 15) is 4.79 Å². The van der Waals surface area contributed by atoms with Crippen LogP contribution in [0.25, 0.3) is 0 Å². The van der Waals surface area contributed by atoms with E-state index in [0.29, 0.717) is 6.04 Å². The third-order valence-electron chi connectivity index (χ3n) is 4.25. The van der Waals surface area contributed by atoms with Crippen LogP contribution in [-0.2, 0) is 4.79 Å². The van der Waals surface area contributed by atoms with E-state index in [0.717, 1.165) is 25.9 Å². The summed E-state index contributed by atoms with van der Waals surface area (Å²) >= 11 is 0. The van der Waals surface area contributed by atoms with Crippen molar-refractivity contribution in [1.29, 1.82) is 0 Å². The molecule has 2 aliphatic rings. The van der Waals surface area contributed by atoms with Gasteiger partial charge >= 0.3 is 0 Å². The lowest BCUT2D eigenvalue weighted by Gasteiger charge is -2.39. The lowest BCUT2D eigenvalue weighted by Crippen LogP contribution is -2.48. The molecule has 0 spiro atoms. The van der Waals surface area contributed by atoms with Crippen LogP contribution in [0.1, 0.15) is 46.0 Å². The maximum atomic E-state index is 12.1. The molecule has 1 aliphatic heterocycles. The van der Waals surface area contributed by atoms with E-state index < -0.39 is 0 Å². The van der Waals surface area contributed by atoms with Gasteiger partial charge in [-0.05, 0) is 31.2 Å². The van der Waals surface area contributed by atoms with Gasteiger partial charge in [0.05, 0.1) is 5.92 Å². The predicted molar refractivity (Wildman–Crippen MR) is 65.2 cm³/mol. The quantitative estimate of drug-likeness (QED) is 0.749. The van der Waals surface area contributed by atoms with Gasteiger partial charge in [-0.2, -0.15) is 0 Å². The van der Waals surface area contributed by atoms with Crippen molar-refractivity contribution in [3.63, 3.8) is 0 Å². The number of amides is 1. The van der Waals surface area contributed by atoms with Crippen molar-refractivity contribution in [2.45, 2.75) is 52.0 Å². The molecule has 2 N–H and O–H groups in total. The highest BCUT2D eigenvalue weighted by atomic mass is 16.2. The molecule has 2 atom stereocenters. The first-order chi connectivity index (χ1) is 7.59. The summed E-state index contributed by atoms with van der Waals surface area (Å²) in [6.45, 7) is 6.42. The third-order valence-corrected chi connectivity index (χ3v) is 4.25. The van der Waals surface area contributed by atoms with Crippen molar-refractivity contribution in [3.8, 4) is 0 Å². The predicted octanol–water partition coefficient (Wildman–Crippen LogP) is 1.68. The SMILES string of the molecule is CC1(C)CCCCC1NC(=O)C1CCNC1. The number of rotatable bonds is 2. The van der Waals surface area contributed by atoms with E-state index in [-0.39, 0.29) is 17.2 Å². The molecule has 0 bridgehead atoms. The van der Waals surface area contributed by atoms with Gasteiger partial charge in [-0.1, -0.05) is 26.7 Å². The summed E-state index contributed by atoms with van der Waals surface area (Å²) in [7, 11) is 0. The minimum Gasteiger partial charge on any atom is -0.353 e. The van der Waals surface area contributed by atoms with Gasteiger partial charge in [-0.3, -0.25) is 4.79 Å². The van der Waals surface area contributed by atoms with Gasteiger partial charge in [0.2, 0.25) is 5.91 Å². The molecule has 0 radical (unpaired) electrons. The van der Waals surface area contributed by atoms with E-state index in [1.54, 1.807) is 0 Å². The zero-order valence-electron chi connectivity index (χ0n) is 10.5. The lowest BCUT2D eigenvalue weighted by molar-refractivity contribution is -0.126. The fourth-order valence-electron chi connectivity index (χ4n) is 2.93. The van der Waals surface area contributed by atoms with Gasteiger partial charge in [0.15, 0.2) is 0 Å². The molecule has 0 aromatic carbocycles. The second-order valence-electron chi connectivity index (χ2n) is 5.99. The van der Waals surface area contributed by atoms with E-state index in [1.165, 1.54) is 19.3 Å². The van der Waals surface area contributed by atoms with Crippen molar-refractivity contribution < 1.29 is 4.79 Å². The molecule has 3 heteroatoms. The second-order valence-corrected chi connectivity index (χ2v) is 5.99. The molecule has 16 heavy (non-hydrogen) atoms. The molecule has 0 aromatic rings. The monoisotopic (exact) mass is 224 g/mol. The van der Waals surface area contributed by atoms with Gasteiger partial charge in [-0.15, -0.1) is 0 Å². The second kappa shape index (κ2) is 4.74. The van der Waals surface area contributed by atoms with Crippen molar-refractivity contribution in [1.82, 2.24) is 10.6 Å². The average Bonchev–Trinajstić information content (AvgIpc) is 2.74. The van der Waals surface area contributed by atoms with Crippen molar-refractivity contribution >= 4 is 5.91 Å². The molecule has 1 aliphatic carbocycles. The lowest BCUT2D eigenvalue weighted by atomic mass is 9.73. The zero-order chi connectivity index (χ0) is 11.6. The first-order valence-corrected chi connectivity index (χ1v) is 6.61. The van der Waals surface area contributed by atoms with Crippen LogP contribution in [0.5, 0.6) is 0 Å². The summed E-state index contributed by atoms with van der Waals surface area (Å²) < 4.78 is 0.